The molecule has 4 saturated heterocycles. The summed E-state index contributed by atoms with van der Waals surface area (Å²) < 4.78 is 46.1. The molecule has 4 aliphatic rings. The maximum Gasteiger partial charge on any atom is 0.187 e. The first kappa shape index (κ1) is 36.1. The number of rotatable bonds is 9. The Bertz CT molecular complexity index is 901. The van der Waals surface area contributed by atoms with Gasteiger partial charge in [-0.15, -0.1) is 0 Å². The van der Waals surface area contributed by atoms with Gasteiger partial charge in [0.25, 0.3) is 0 Å². The van der Waals surface area contributed by atoms with Gasteiger partial charge in [0.1, 0.15) is 73.2 Å². The molecule has 4 aliphatic heterocycles. The molecule has 0 aromatic carbocycles. The van der Waals surface area contributed by atoms with E-state index in [4.69, 9.17) is 37.9 Å². The molecule has 10 N–H and O–H groups in total. The molecule has 258 valence electrons. The fourth-order valence-electron chi connectivity index (χ4n) is 5.85. The molecule has 0 aromatic heterocycles. The topological polar surface area (TPSA) is 276 Å². The third-order valence-electron chi connectivity index (χ3n) is 8.67. The maximum absolute atomic E-state index is 11.0. The molecule has 13 unspecified atom stereocenters. The van der Waals surface area contributed by atoms with E-state index in [1.165, 1.54) is 21.0 Å². The van der Waals surface area contributed by atoms with Crippen LogP contribution >= 0.6 is 0 Å². The third-order valence-corrected chi connectivity index (χ3v) is 8.67. The minimum absolute atomic E-state index is 0.646. The summed E-state index contributed by atoms with van der Waals surface area (Å²) in [4.78, 5) is 0. The van der Waals surface area contributed by atoms with Crippen molar-refractivity contribution >= 4 is 0 Å². The molecule has 0 radical (unpaired) electrons. The van der Waals surface area contributed by atoms with Gasteiger partial charge in [-0.3, -0.25) is 0 Å². The van der Waals surface area contributed by atoms with Crippen LogP contribution in [0.15, 0.2) is 0 Å². The molecule has 4 rings (SSSR count). The molecule has 0 amide bonds. The molecule has 0 saturated carbocycles. The second-order valence-corrected chi connectivity index (χ2v) is 11.7. The number of aliphatic hydroxyl groups is 10. The monoisotopic (exact) mass is 646 g/mol. The Morgan fingerprint density at radius 1 is 0.455 bits per heavy atom. The second-order valence-electron chi connectivity index (χ2n) is 11.7. The summed E-state index contributed by atoms with van der Waals surface area (Å²) in [6, 6.07) is 0. The number of aliphatic hydroxyl groups excluding tert-OH is 10. The van der Waals surface area contributed by atoms with Crippen molar-refractivity contribution < 1.29 is 89.0 Å². The standard InChI is InChI=1S/C26H46O18/c1-7-20(21(11(6-28)41-23(7)37-4)43-24-18(35)15(32)12(29)8(2)38-24)42-26-22(17(34)14(31)10(5-27)40-26)44-25-19(36)16(33)13(30)9(3)39-25/h7-36H,5-6H2,1-4H3/t7?,8?,9?,10?,11?,12-,13+,14+,15?,16?,17?,18?,19?,20?,21+,22?,23?,24-,25+,26+/m1/s1. The van der Waals surface area contributed by atoms with Crippen LogP contribution in [-0.2, 0) is 37.9 Å². The average molecular weight is 647 g/mol. The first-order chi connectivity index (χ1) is 20.7. The normalized spacial score (nSPS) is 53.9. The highest BCUT2D eigenvalue weighted by Crippen LogP contribution is 2.37. The molecule has 0 spiro atoms. The lowest BCUT2D eigenvalue weighted by Gasteiger charge is -2.50. The van der Waals surface area contributed by atoms with Crippen LogP contribution in [0, 0.1) is 5.92 Å². The Morgan fingerprint density at radius 3 is 1.39 bits per heavy atom. The Morgan fingerprint density at radius 2 is 0.909 bits per heavy atom. The molecular weight excluding hydrogens is 600 g/mol. The summed E-state index contributed by atoms with van der Waals surface area (Å²) in [5.41, 5.74) is 0. The fraction of sp³-hybridized carbons (Fsp3) is 1.00. The van der Waals surface area contributed by atoms with Crippen molar-refractivity contribution in [3.05, 3.63) is 0 Å². The van der Waals surface area contributed by atoms with Crippen molar-refractivity contribution in [2.75, 3.05) is 20.3 Å². The van der Waals surface area contributed by atoms with Crippen LogP contribution in [0.4, 0.5) is 0 Å². The number of hydrogen-bond donors (Lipinski definition) is 10. The summed E-state index contributed by atoms with van der Waals surface area (Å²) in [6.45, 7) is 3.10. The summed E-state index contributed by atoms with van der Waals surface area (Å²) in [5, 5.41) is 103. The number of methoxy groups -OCH3 is 1. The van der Waals surface area contributed by atoms with Gasteiger partial charge in [-0.05, 0) is 13.8 Å². The van der Waals surface area contributed by atoms with Crippen molar-refractivity contribution in [2.45, 2.75) is 137 Å². The maximum atomic E-state index is 11.0. The van der Waals surface area contributed by atoms with E-state index in [-0.39, 0.29) is 0 Å². The largest absolute Gasteiger partial charge is 0.394 e. The van der Waals surface area contributed by atoms with Gasteiger partial charge in [0.15, 0.2) is 25.2 Å². The van der Waals surface area contributed by atoms with Crippen LogP contribution in [0.5, 0.6) is 0 Å². The van der Waals surface area contributed by atoms with E-state index >= 15 is 0 Å². The summed E-state index contributed by atoms with van der Waals surface area (Å²) in [7, 11) is 1.34. The lowest BCUT2D eigenvalue weighted by atomic mass is 9.91. The lowest BCUT2D eigenvalue weighted by Crippen LogP contribution is -2.66. The van der Waals surface area contributed by atoms with Crippen LogP contribution in [0.25, 0.3) is 0 Å². The highest BCUT2D eigenvalue weighted by Gasteiger charge is 2.55. The van der Waals surface area contributed by atoms with Gasteiger partial charge in [0.05, 0.1) is 31.5 Å². The van der Waals surface area contributed by atoms with Gasteiger partial charge in [0.2, 0.25) is 0 Å². The van der Waals surface area contributed by atoms with Gasteiger partial charge in [-0.1, -0.05) is 6.92 Å². The molecule has 0 aliphatic carbocycles. The highest BCUT2D eigenvalue weighted by atomic mass is 16.8. The van der Waals surface area contributed by atoms with Crippen LogP contribution in [0.1, 0.15) is 20.8 Å². The van der Waals surface area contributed by atoms with Crippen molar-refractivity contribution in [2.24, 2.45) is 5.92 Å². The molecule has 4 fully saturated rings. The number of hydrogen-bond acceptors (Lipinski definition) is 18. The van der Waals surface area contributed by atoms with E-state index in [2.05, 4.69) is 0 Å². The minimum atomic E-state index is -1.80. The minimum Gasteiger partial charge on any atom is -0.394 e. The van der Waals surface area contributed by atoms with E-state index in [1.807, 2.05) is 0 Å². The smallest absolute Gasteiger partial charge is 0.187 e. The van der Waals surface area contributed by atoms with Crippen molar-refractivity contribution in [3.8, 4) is 0 Å². The lowest BCUT2D eigenvalue weighted by molar-refractivity contribution is -0.395. The summed E-state index contributed by atoms with van der Waals surface area (Å²) >= 11 is 0. The Kier molecular flexibility index (Phi) is 12.3. The first-order valence-corrected chi connectivity index (χ1v) is 14.5. The van der Waals surface area contributed by atoms with Gasteiger partial charge in [-0.25, -0.2) is 0 Å². The second kappa shape index (κ2) is 15.0. The molecule has 18 nitrogen and oxygen atoms in total. The van der Waals surface area contributed by atoms with E-state index in [9.17, 15) is 51.1 Å². The Hall–Kier alpha value is -0.720. The van der Waals surface area contributed by atoms with Crippen LogP contribution in [0.3, 0.4) is 0 Å². The zero-order valence-corrected chi connectivity index (χ0v) is 24.7. The van der Waals surface area contributed by atoms with Gasteiger partial charge in [0, 0.05) is 13.0 Å². The van der Waals surface area contributed by atoms with E-state index in [0.717, 1.165) is 0 Å². The van der Waals surface area contributed by atoms with Crippen LogP contribution in [-0.4, -0.2) is 188 Å². The molecule has 0 aromatic rings. The Labute approximate surface area is 253 Å². The van der Waals surface area contributed by atoms with Gasteiger partial charge < -0.3 is 89.0 Å². The van der Waals surface area contributed by atoms with E-state index in [0.29, 0.717) is 0 Å². The third kappa shape index (κ3) is 7.08. The SMILES string of the molecule is COC1OC(CO)[C@H](O[C@H]2OC(C)[C@@H](O)C(O)C2O)C(O[C@@H]2OC(CO)[C@H](O)C(O)C2O[C@@H]2OC(C)[C@H](O)C(O)C2O)C1C. The quantitative estimate of drug-likeness (QED) is 0.112. The molecule has 20 atom stereocenters. The van der Waals surface area contributed by atoms with Crippen molar-refractivity contribution in [1.82, 2.24) is 0 Å². The summed E-state index contributed by atoms with van der Waals surface area (Å²) in [6.07, 6.45) is -27.6. The zero-order chi connectivity index (χ0) is 32.6. The Balaban J connectivity index is 1.64. The fourth-order valence-corrected chi connectivity index (χ4v) is 5.85. The van der Waals surface area contributed by atoms with Crippen LogP contribution < -0.4 is 0 Å². The highest BCUT2D eigenvalue weighted by molar-refractivity contribution is 4.97. The molecule has 44 heavy (non-hydrogen) atoms. The van der Waals surface area contributed by atoms with Crippen LogP contribution in [0.2, 0.25) is 0 Å². The van der Waals surface area contributed by atoms with E-state index in [1.54, 1.807) is 6.92 Å². The first-order valence-electron chi connectivity index (χ1n) is 14.5. The zero-order valence-electron chi connectivity index (χ0n) is 24.7. The van der Waals surface area contributed by atoms with Gasteiger partial charge >= 0.3 is 0 Å². The molecular formula is C26H46O18. The number of ether oxygens (including phenoxy) is 8. The predicted octanol–water partition coefficient (Wildman–Crippen LogP) is -5.76. The van der Waals surface area contributed by atoms with Gasteiger partial charge in [-0.2, -0.15) is 0 Å². The predicted molar refractivity (Wildman–Crippen MR) is 139 cm³/mol. The van der Waals surface area contributed by atoms with Crippen molar-refractivity contribution in [3.63, 3.8) is 0 Å². The molecule has 4 heterocycles. The average Bonchev–Trinajstić information content (AvgIpc) is 3.01. The summed E-state index contributed by atoms with van der Waals surface area (Å²) in [5.74, 6) is -0.740. The molecule has 18 heteroatoms. The molecule has 0 bridgehead atoms. The van der Waals surface area contributed by atoms with E-state index < -0.39 is 136 Å². The van der Waals surface area contributed by atoms with Crippen molar-refractivity contribution in [1.29, 1.82) is 0 Å².